The largest absolute Gasteiger partial charge is 0.508 e. The minimum atomic E-state index is 0.0890. The molecule has 3 aromatic rings. The number of para-hydroxylation sites is 1. The number of rotatable bonds is 1. The third kappa shape index (κ3) is 2.51. The molecule has 124 valence electrons. The van der Waals surface area contributed by atoms with Crippen LogP contribution < -0.4 is 16.2 Å². The lowest BCUT2D eigenvalue weighted by molar-refractivity contribution is 0.474. The monoisotopic (exact) mass is 327 g/mol. The topological polar surface area (TPSA) is 32.3 Å². The third-order valence-electron chi connectivity index (χ3n) is 5.20. The first-order chi connectivity index (χ1) is 12.0. The summed E-state index contributed by atoms with van der Waals surface area (Å²) in [6, 6.07) is 16.8. The van der Waals surface area contributed by atoms with Crippen molar-refractivity contribution in [2.45, 2.75) is 27.7 Å². The van der Waals surface area contributed by atoms with Gasteiger partial charge in [-0.2, -0.15) is 0 Å². The highest BCUT2D eigenvalue weighted by Crippen LogP contribution is 2.32. The average molecular weight is 327 g/mol. The lowest BCUT2D eigenvalue weighted by Crippen LogP contribution is -2.54. The Morgan fingerprint density at radius 2 is 1.40 bits per heavy atom. The Kier molecular flexibility index (Phi) is 3.61. The number of benzene rings is 3. The summed E-state index contributed by atoms with van der Waals surface area (Å²) in [7, 11) is 0. The molecule has 1 aliphatic heterocycles. The van der Waals surface area contributed by atoms with E-state index in [0.29, 0.717) is 5.75 Å². The summed E-state index contributed by atoms with van der Waals surface area (Å²) in [5.41, 5.74) is 11.1. The van der Waals surface area contributed by atoms with Crippen LogP contribution in [0.5, 0.6) is 5.75 Å². The number of aromatic hydroxyl groups is 1. The van der Waals surface area contributed by atoms with Gasteiger partial charge in [-0.25, -0.2) is 0 Å². The number of phenolic OH excluding ortho intramolecular Hbond substituents is 1. The standard InChI is InChI=1S/C22H22BNO/c1-13-9-14(2)22-19(10-13)18-7-5-6-8-20(18)24-23(22)21-15(3)11-17(25)12-16(21)4/h5-12,24-25H,1-4H3. The maximum Gasteiger partial charge on any atom is 0.322 e. The summed E-state index contributed by atoms with van der Waals surface area (Å²) in [5.74, 6) is 0.329. The summed E-state index contributed by atoms with van der Waals surface area (Å²) in [6.45, 7) is 8.59. The number of nitrogens with one attached hydrogen (secondary N) is 1. The Labute approximate surface area is 149 Å². The lowest BCUT2D eigenvalue weighted by Gasteiger charge is -2.31. The van der Waals surface area contributed by atoms with E-state index < -0.39 is 0 Å². The first-order valence-electron chi connectivity index (χ1n) is 8.73. The van der Waals surface area contributed by atoms with Crippen molar-refractivity contribution >= 4 is 23.5 Å². The third-order valence-corrected chi connectivity index (χ3v) is 5.20. The predicted octanol–water partition coefficient (Wildman–Crippen LogP) is 3.82. The molecule has 2 nitrogen and oxygen atoms in total. The number of hydrogen-bond acceptors (Lipinski definition) is 2. The van der Waals surface area contributed by atoms with Crippen molar-refractivity contribution in [1.29, 1.82) is 0 Å². The summed E-state index contributed by atoms with van der Waals surface area (Å²) in [5, 5.41) is 13.7. The summed E-state index contributed by atoms with van der Waals surface area (Å²) in [6.07, 6.45) is 0. The molecule has 0 unspecified atom stereocenters. The van der Waals surface area contributed by atoms with Gasteiger partial charge in [-0.1, -0.05) is 52.6 Å². The molecule has 0 saturated heterocycles. The van der Waals surface area contributed by atoms with Crippen LogP contribution in [0.3, 0.4) is 0 Å². The van der Waals surface area contributed by atoms with E-state index >= 15 is 0 Å². The van der Waals surface area contributed by atoms with Crippen molar-refractivity contribution in [1.82, 2.24) is 0 Å². The highest BCUT2D eigenvalue weighted by atomic mass is 16.3. The van der Waals surface area contributed by atoms with Gasteiger partial charge in [-0.15, -0.1) is 0 Å². The van der Waals surface area contributed by atoms with Gasteiger partial charge in [0.15, 0.2) is 0 Å². The van der Waals surface area contributed by atoms with Crippen molar-refractivity contribution in [2.24, 2.45) is 0 Å². The van der Waals surface area contributed by atoms with Crippen molar-refractivity contribution in [3.05, 3.63) is 70.8 Å². The van der Waals surface area contributed by atoms with Crippen LogP contribution in [0.15, 0.2) is 48.5 Å². The molecule has 0 atom stereocenters. The van der Waals surface area contributed by atoms with E-state index in [2.05, 4.69) is 69.3 Å². The van der Waals surface area contributed by atoms with E-state index in [0.717, 1.165) is 16.8 Å². The first-order valence-corrected chi connectivity index (χ1v) is 8.73. The molecule has 0 amide bonds. The highest BCUT2D eigenvalue weighted by Gasteiger charge is 2.33. The number of anilines is 1. The maximum atomic E-state index is 9.94. The van der Waals surface area contributed by atoms with Crippen LogP contribution in [0.4, 0.5) is 5.69 Å². The number of fused-ring (bicyclic) bond motifs is 3. The molecule has 0 aliphatic carbocycles. The van der Waals surface area contributed by atoms with E-state index in [1.165, 1.54) is 33.2 Å². The smallest absolute Gasteiger partial charge is 0.322 e. The van der Waals surface area contributed by atoms with Gasteiger partial charge < -0.3 is 10.3 Å². The fraction of sp³-hybridized carbons (Fsp3) is 0.182. The van der Waals surface area contributed by atoms with Crippen LogP contribution in [0, 0.1) is 27.7 Å². The molecule has 0 bridgehead atoms. The van der Waals surface area contributed by atoms with Crippen molar-refractivity contribution < 1.29 is 5.11 Å². The van der Waals surface area contributed by atoms with Gasteiger partial charge in [0.05, 0.1) is 0 Å². The Morgan fingerprint density at radius 1 is 0.760 bits per heavy atom. The molecule has 0 radical (unpaired) electrons. The normalized spacial score (nSPS) is 12.4. The molecular formula is C22H22BNO. The van der Waals surface area contributed by atoms with E-state index in [1.54, 1.807) is 0 Å². The molecule has 1 heterocycles. The predicted molar refractivity (Wildman–Crippen MR) is 108 cm³/mol. The number of phenols is 1. The molecule has 25 heavy (non-hydrogen) atoms. The van der Waals surface area contributed by atoms with Gasteiger partial charge in [0.2, 0.25) is 0 Å². The summed E-state index contributed by atoms with van der Waals surface area (Å²) in [4.78, 5) is 0. The fourth-order valence-corrected chi connectivity index (χ4v) is 4.28. The van der Waals surface area contributed by atoms with Gasteiger partial charge >= 0.3 is 6.85 Å². The molecule has 0 saturated carbocycles. The Hall–Kier alpha value is -2.68. The van der Waals surface area contributed by atoms with Gasteiger partial charge in [0.1, 0.15) is 5.75 Å². The quantitative estimate of drug-likeness (QED) is 0.666. The zero-order valence-corrected chi connectivity index (χ0v) is 15.1. The second kappa shape index (κ2) is 5.70. The molecule has 3 heteroatoms. The Balaban J connectivity index is 2.02. The fourth-order valence-electron chi connectivity index (χ4n) is 4.28. The van der Waals surface area contributed by atoms with Crippen LogP contribution in [0.2, 0.25) is 0 Å². The van der Waals surface area contributed by atoms with E-state index in [4.69, 9.17) is 0 Å². The average Bonchev–Trinajstić information content (AvgIpc) is 2.53. The van der Waals surface area contributed by atoms with E-state index in [-0.39, 0.29) is 6.85 Å². The molecule has 1 aliphatic rings. The summed E-state index contributed by atoms with van der Waals surface area (Å²) < 4.78 is 0. The molecule has 0 spiro atoms. The number of aryl methyl sites for hydroxylation is 4. The Bertz CT molecular complexity index is 970. The molecule has 0 fully saturated rings. The van der Waals surface area contributed by atoms with Crippen molar-refractivity contribution in [3.63, 3.8) is 0 Å². The highest BCUT2D eigenvalue weighted by molar-refractivity contribution is 6.90. The molecular weight excluding hydrogens is 305 g/mol. The second-order valence-corrected chi connectivity index (χ2v) is 7.16. The minimum Gasteiger partial charge on any atom is -0.508 e. The SMILES string of the molecule is Cc1cc(C)c2c(c1)-c1ccccc1NB2c1c(C)cc(O)cc1C. The minimum absolute atomic E-state index is 0.0890. The van der Waals surface area contributed by atoms with Crippen molar-refractivity contribution in [2.75, 3.05) is 5.23 Å². The first kappa shape index (κ1) is 15.8. The maximum absolute atomic E-state index is 9.94. The lowest BCUT2D eigenvalue weighted by atomic mass is 9.45. The summed E-state index contributed by atoms with van der Waals surface area (Å²) >= 11 is 0. The van der Waals surface area contributed by atoms with Gasteiger partial charge in [0, 0.05) is 11.3 Å². The molecule has 0 aromatic heterocycles. The second-order valence-electron chi connectivity index (χ2n) is 7.16. The molecule has 4 rings (SSSR count). The number of hydrogen-bond donors (Lipinski definition) is 2. The Morgan fingerprint density at radius 3 is 2.12 bits per heavy atom. The van der Waals surface area contributed by atoms with Gasteiger partial charge in [-0.05, 0) is 62.4 Å². The van der Waals surface area contributed by atoms with Crippen LogP contribution in [-0.2, 0) is 0 Å². The van der Waals surface area contributed by atoms with Crippen LogP contribution in [-0.4, -0.2) is 12.0 Å². The molecule has 3 aromatic carbocycles. The van der Waals surface area contributed by atoms with Crippen molar-refractivity contribution in [3.8, 4) is 16.9 Å². The van der Waals surface area contributed by atoms with Gasteiger partial charge in [0.25, 0.3) is 0 Å². The zero-order chi connectivity index (χ0) is 17.7. The van der Waals surface area contributed by atoms with Crippen LogP contribution in [0.1, 0.15) is 22.3 Å². The van der Waals surface area contributed by atoms with E-state index in [1.807, 2.05) is 12.1 Å². The van der Waals surface area contributed by atoms with Crippen LogP contribution in [0.25, 0.3) is 11.1 Å². The van der Waals surface area contributed by atoms with E-state index in [9.17, 15) is 5.11 Å². The molecule has 2 N–H and O–H groups in total. The van der Waals surface area contributed by atoms with Gasteiger partial charge in [-0.3, -0.25) is 0 Å². The zero-order valence-electron chi connectivity index (χ0n) is 15.1. The van der Waals surface area contributed by atoms with Crippen LogP contribution >= 0.6 is 0 Å².